The third-order valence-electron chi connectivity index (χ3n) is 3.18. The molecule has 0 aliphatic carbocycles. The third kappa shape index (κ3) is 7.70. The summed E-state index contributed by atoms with van der Waals surface area (Å²) in [5.41, 5.74) is 0. The van der Waals surface area contributed by atoms with Gasteiger partial charge in [-0.25, -0.2) is 4.79 Å². The van der Waals surface area contributed by atoms with Crippen molar-refractivity contribution in [1.29, 1.82) is 0 Å². The van der Waals surface area contributed by atoms with Gasteiger partial charge in [0, 0.05) is 12.6 Å². The van der Waals surface area contributed by atoms with Gasteiger partial charge in [-0.05, 0) is 24.7 Å². The molecule has 0 spiro atoms. The van der Waals surface area contributed by atoms with E-state index < -0.39 is 11.9 Å². The zero-order valence-corrected chi connectivity index (χ0v) is 12.7. The summed E-state index contributed by atoms with van der Waals surface area (Å²) in [6.45, 7) is 10.2. The minimum atomic E-state index is -0.857. The Hall–Kier alpha value is -1.26. The molecule has 5 heteroatoms. The molecule has 3 N–H and O–H groups in total. The number of rotatable bonds is 8. The predicted octanol–water partition coefficient (Wildman–Crippen LogP) is 2.47. The Labute approximate surface area is 116 Å². The van der Waals surface area contributed by atoms with Gasteiger partial charge in [-0.2, -0.15) is 0 Å². The molecule has 0 saturated carbocycles. The number of carbonyl (C=O) groups is 2. The van der Waals surface area contributed by atoms with Gasteiger partial charge < -0.3 is 15.7 Å². The first kappa shape index (κ1) is 17.7. The molecule has 112 valence electrons. The van der Waals surface area contributed by atoms with Crippen LogP contribution in [0.5, 0.6) is 0 Å². The van der Waals surface area contributed by atoms with Crippen molar-refractivity contribution in [3.8, 4) is 0 Å². The Kier molecular flexibility index (Phi) is 8.19. The van der Waals surface area contributed by atoms with Crippen LogP contribution in [0, 0.1) is 17.8 Å². The molecule has 0 aliphatic heterocycles. The van der Waals surface area contributed by atoms with Crippen LogP contribution in [0.3, 0.4) is 0 Å². The normalized spacial score (nSPS) is 14.3. The zero-order chi connectivity index (χ0) is 15.0. The van der Waals surface area contributed by atoms with Gasteiger partial charge in [0.05, 0.1) is 5.92 Å². The average Bonchev–Trinajstić information content (AvgIpc) is 2.30. The van der Waals surface area contributed by atoms with E-state index in [0.717, 1.165) is 6.42 Å². The summed E-state index contributed by atoms with van der Waals surface area (Å²) in [6, 6.07) is -0.163. The molecule has 0 bridgehead atoms. The van der Waals surface area contributed by atoms with Gasteiger partial charge in [0.25, 0.3) is 0 Å². The van der Waals surface area contributed by atoms with E-state index in [1.807, 2.05) is 34.6 Å². The van der Waals surface area contributed by atoms with Crippen LogP contribution in [0.1, 0.15) is 47.5 Å². The van der Waals surface area contributed by atoms with Crippen molar-refractivity contribution in [3.63, 3.8) is 0 Å². The van der Waals surface area contributed by atoms with Gasteiger partial charge in [-0.1, -0.05) is 34.6 Å². The first-order valence-corrected chi connectivity index (χ1v) is 7.05. The van der Waals surface area contributed by atoms with Crippen molar-refractivity contribution in [2.24, 2.45) is 17.8 Å². The summed E-state index contributed by atoms with van der Waals surface area (Å²) in [4.78, 5) is 22.8. The summed E-state index contributed by atoms with van der Waals surface area (Å²) >= 11 is 0. The first-order chi connectivity index (χ1) is 8.77. The lowest BCUT2D eigenvalue weighted by molar-refractivity contribution is -0.142. The number of carbonyl (C=O) groups excluding carboxylic acids is 1. The molecule has 0 aromatic rings. The van der Waals surface area contributed by atoms with Crippen LogP contribution in [0.4, 0.5) is 4.79 Å². The lowest BCUT2D eigenvalue weighted by Crippen LogP contribution is -2.46. The number of aliphatic carboxylic acids is 1. The van der Waals surface area contributed by atoms with Gasteiger partial charge in [-0.15, -0.1) is 0 Å². The molecule has 0 aliphatic rings. The Balaban J connectivity index is 4.21. The minimum absolute atomic E-state index is 0.119. The molecular formula is C14H28N2O3. The van der Waals surface area contributed by atoms with E-state index in [9.17, 15) is 9.59 Å². The molecule has 2 atom stereocenters. The highest BCUT2D eigenvalue weighted by Crippen LogP contribution is 2.11. The summed E-state index contributed by atoms with van der Waals surface area (Å²) in [6.07, 6.45) is 1.43. The first-order valence-electron chi connectivity index (χ1n) is 7.05. The maximum Gasteiger partial charge on any atom is 0.315 e. The Morgan fingerprint density at radius 1 is 1.16 bits per heavy atom. The van der Waals surface area contributed by atoms with Gasteiger partial charge in [0.15, 0.2) is 0 Å². The fourth-order valence-corrected chi connectivity index (χ4v) is 2.02. The number of hydrogen-bond donors (Lipinski definition) is 3. The van der Waals surface area contributed by atoms with E-state index in [0.29, 0.717) is 18.3 Å². The topological polar surface area (TPSA) is 78.4 Å². The lowest BCUT2D eigenvalue weighted by Gasteiger charge is -2.22. The number of nitrogens with one attached hydrogen (secondary N) is 2. The second-order valence-electron chi connectivity index (χ2n) is 5.78. The Morgan fingerprint density at radius 2 is 1.74 bits per heavy atom. The quantitative estimate of drug-likeness (QED) is 0.635. The number of urea groups is 1. The SMILES string of the molecule is CCC(NC(=O)NCC(CC(C)C)C(=O)O)C(C)C. The Morgan fingerprint density at radius 3 is 2.11 bits per heavy atom. The maximum absolute atomic E-state index is 11.7. The molecule has 0 aromatic heterocycles. The zero-order valence-electron chi connectivity index (χ0n) is 12.7. The number of amides is 2. The highest BCUT2D eigenvalue weighted by atomic mass is 16.4. The van der Waals surface area contributed by atoms with Crippen LogP contribution in [0.15, 0.2) is 0 Å². The molecule has 0 fully saturated rings. The van der Waals surface area contributed by atoms with E-state index in [1.54, 1.807) is 0 Å². The highest BCUT2D eigenvalue weighted by molar-refractivity contribution is 5.76. The van der Waals surface area contributed by atoms with Crippen LogP contribution < -0.4 is 10.6 Å². The Bertz CT molecular complexity index is 290. The highest BCUT2D eigenvalue weighted by Gasteiger charge is 2.20. The fraction of sp³-hybridized carbons (Fsp3) is 0.857. The van der Waals surface area contributed by atoms with E-state index in [1.165, 1.54) is 0 Å². The molecule has 5 nitrogen and oxygen atoms in total. The van der Waals surface area contributed by atoms with Crippen molar-refractivity contribution >= 4 is 12.0 Å². The number of carboxylic acids is 1. The standard InChI is InChI=1S/C14H28N2O3/c1-6-12(10(4)5)16-14(19)15-8-11(13(17)18)7-9(2)3/h9-12H,6-8H2,1-5H3,(H,17,18)(H2,15,16,19). The summed E-state index contributed by atoms with van der Waals surface area (Å²) in [5, 5.41) is 14.6. The van der Waals surface area contributed by atoms with Crippen LogP contribution in [0.2, 0.25) is 0 Å². The second-order valence-corrected chi connectivity index (χ2v) is 5.78. The van der Waals surface area contributed by atoms with Crippen LogP contribution in [-0.2, 0) is 4.79 Å². The van der Waals surface area contributed by atoms with E-state index in [-0.39, 0.29) is 18.6 Å². The van der Waals surface area contributed by atoms with Crippen LogP contribution >= 0.6 is 0 Å². The van der Waals surface area contributed by atoms with Crippen LogP contribution in [0.25, 0.3) is 0 Å². The molecule has 2 amide bonds. The predicted molar refractivity (Wildman–Crippen MR) is 76.0 cm³/mol. The average molecular weight is 272 g/mol. The third-order valence-corrected chi connectivity index (χ3v) is 3.18. The van der Waals surface area contributed by atoms with Crippen molar-refractivity contribution in [3.05, 3.63) is 0 Å². The maximum atomic E-state index is 11.7. The van der Waals surface area contributed by atoms with Crippen molar-refractivity contribution < 1.29 is 14.7 Å². The van der Waals surface area contributed by atoms with Crippen molar-refractivity contribution in [1.82, 2.24) is 10.6 Å². The van der Waals surface area contributed by atoms with Crippen LogP contribution in [-0.4, -0.2) is 29.7 Å². The number of hydrogen-bond acceptors (Lipinski definition) is 2. The number of carboxylic acid groups (broad SMARTS) is 1. The molecular weight excluding hydrogens is 244 g/mol. The fourth-order valence-electron chi connectivity index (χ4n) is 2.02. The van der Waals surface area contributed by atoms with E-state index >= 15 is 0 Å². The molecule has 0 rings (SSSR count). The monoisotopic (exact) mass is 272 g/mol. The van der Waals surface area contributed by atoms with E-state index in [2.05, 4.69) is 10.6 Å². The van der Waals surface area contributed by atoms with Gasteiger partial charge in [-0.3, -0.25) is 4.79 Å². The molecule has 0 radical (unpaired) electrons. The lowest BCUT2D eigenvalue weighted by atomic mass is 9.97. The van der Waals surface area contributed by atoms with Crippen molar-refractivity contribution in [2.45, 2.75) is 53.5 Å². The van der Waals surface area contributed by atoms with Gasteiger partial charge >= 0.3 is 12.0 Å². The smallest absolute Gasteiger partial charge is 0.315 e. The minimum Gasteiger partial charge on any atom is -0.481 e. The molecule has 19 heavy (non-hydrogen) atoms. The molecule has 0 saturated heterocycles. The van der Waals surface area contributed by atoms with Gasteiger partial charge in [0.2, 0.25) is 0 Å². The summed E-state index contributed by atoms with van der Waals surface area (Å²) in [5.74, 6) is -0.721. The van der Waals surface area contributed by atoms with Gasteiger partial charge in [0.1, 0.15) is 0 Å². The molecule has 0 aromatic carbocycles. The second kappa shape index (κ2) is 8.77. The largest absolute Gasteiger partial charge is 0.481 e. The summed E-state index contributed by atoms with van der Waals surface area (Å²) < 4.78 is 0. The molecule has 0 heterocycles. The summed E-state index contributed by atoms with van der Waals surface area (Å²) in [7, 11) is 0. The molecule has 2 unspecified atom stereocenters. The van der Waals surface area contributed by atoms with Crippen molar-refractivity contribution in [2.75, 3.05) is 6.54 Å². The van der Waals surface area contributed by atoms with E-state index in [4.69, 9.17) is 5.11 Å².